The number of carbonyl (C=O) groups is 4. The fourth-order valence-electron chi connectivity index (χ4n) is 1.94. The van der Waals surface area contributed by atoms with Crippen molar-refractivity contribution >= 4 is 74.2 Å². The van der Waals surface area contributed by atoms with Gasteiger partial charge in [0, 0.05) is 12.4 Å². The van der Waals surface area contributed by atoms with Gasteiger partial charge in [0.2, 0.25) is 0 Å². The number of carboxylic acid groups (broad SMARTS) is 1. The van der Waals surface area contributed by atoms with Crippen molar-refractivity contribution in [3.8, 4) is 0 Å². The predicted molar refractivity (Wildman–Crippen MR) is 103 cm³/mol. The number of hydrogen-bond donors (Lipinski definition) is 3. The molecule has 0 saturated carbocycles. The first-order chi connectivity index (χ1) is 12.8. The molecule has 2 heterocycles. The number of thiocarbonyl (C=S) groups is 1. The van der Waals surface area contributed by atoms with Gasteiger partial charge < -0.3 is 15.2 Å². The summed E-state index contributed by atoms with van der Waals surface area (Å²) in [4.78, 5) is 52.3. The van der Waals surface area contributed by atoms with Gasteiger partial charge in [-0.25, -0.2) is 14.6 Å². The van der Waals surface area contributed by atoms with Crippen molar-refractivity contribution in [2.45, 2.75) is 6.92 Å². The summed E-state index contributed by atoms with van der Waals surface area (Å²) in [6.07, 6.45) is 0. The van der Waals surface area contributed by atoms with Gasteiger partial charge in [-0.1, -0.05) is 24.0 Å². The minimum Gasteiger partial charge on any atom is -0.480 e. The second-order valence-corrected chi connectivity index (χ2v) is 7.32. The van der Waals surface area contributed by atoms with Crippen LogP contribution in [0.5, 0.6) is 0 Å². The Balaban J connectivity index is 2.46. The van der Waals surface area contributed by atoms with Crippen LogP contribution in [0.1, 0.15) is 12.6 Å². The molecule has 3 N–H and O–H groups in total. The van der Waals surface area contributed by atoms with E-state index in [0.717, 1.165) is 28.0 Å². The molecule has 0 atom stereocenters. The maximum Gasteiger partial charge on any atom is 0.341 e. The standard InChI is InChI=1S/C14H14N4O6S3/c1-3-24-11(22)8(6-5-26-13(16-6)17-12(23)15-2)9-10(21)18(4-7(19)20)14(25)27-9/h5H,3-4H2,1-2H3,(H,19,20)(H2,15,16,17,23). The number of nitrogens with one attached hydrogen (secondary N) is 2. The monoisotopic (exact) mass is 430 g/mol. The summed E-state index contributed by atoms with van der Waals surface area (Å²) in [5, 5.41) is 15.4. The number of ether oxygens (including phenoxy) is 1. The Kier molecular flexibility index (Phi) is 6.87. The van der Waals surface area contributed by atoms with Gasteiger partial charge in [0.25, 0.3) is 5.91 Å². The van der Waals surface area contributed by atoms with Gasteiger partial charge in [-0.05, 0) is 6.92 Å². The van der Waals surface area contributed by atoms with Gasteiger partial charge in [-0.2, -0.15) is 0 Å². The Hall–Kier alpha value is -2.51. The highest BCUT2D eigenvalue weighted by Gasteiger charge is 2.38. The molecule has 0 bridgehead atoms. The van der Waals surface area contributed by atoms with Crippen LogP contribution in [0, 0.1) is 0 Å². The largest absolute Gasteiger partial charge is 0.480 e. The number of anilines is 1. The van der Waals surface area contributed by atoms with Crippen LogP contribution < -0.4 is 10.6 Å². The van der Waals surface area contributed by atoms with Gasteiger partial charge >= 0.3 is 18.0 Å². The number of carboxylic acids is 1. The Morgan fingerprint density at radius 2 is 2.11 bits per heavy atom. The number of urea groups is 1. The minimum absolute atomic E-state index is 0.0122. The van der Waals surface area contributed by atoms with Gasteiger partial charge in [-0.15, -0.1) is 11.3 Å². The third kappa shape index (κ3) is 4.81. The number of nitrogens with zero attached hydrogens (tertiary/aromatic N) is 2. The third-order valence-electron chi connectivity index (χ3n) is 3.06. The second kappa shape index (κ2) is 8.92. The molecule has 13 heteroatoms. The smallest absolute Gasteiger partial charge is 0.341 e. The normalized spacial score (nSPS) is 15.6. The van der Waals surface area contributed by atoms with Crippen molar-refractivity contribution < 1.29 is 29.0 Å². The lowest BCUT2D eigenvalue weighted by Crippen LogP contribution is -2.33. The zero-order valence-electron chi connectivity index (χ0n) is 14.1. The average Bonchev–Trinajstić information content (AvgIpc) is 3.15. The summed E-state index contributed by atoms with van der Waals surface area (Å²) in [6, 6.07) is -0.499. The van der Waals surface area contributed by atoms with E-state index in [1.54, 1.807) is 6.92 Å². The highest BCUT2D eigenvalue weighted by Crippen LogP contribution is 2.38. The number of esters is 1. The number of amides is 3. The van der Waals surface area contributed by atoms with Crippen molar-refractivity contribution in [2.24, 2.45) is 0 Å². The first-order valence-corrected chi connectivity index (χ1v) is 9.50. The van der Waals surface area contributed by atoms with Crippen molar-refractivity contribution in [1.82, 2.24) is 15.2 Å². The van der Waals surface area contributed by atoms with Crippen molar-refractivity contribution in [1.29, 1.82) is 0 Å². The van der Waals surface area contributed by atoms with Crippen LogP contribution in [0.4, 0.5) is 9.93 Å². The molecular weight excluding hydrogens is 416 g/mol. The minimum atomic E-state index is -1.24. The lowest BCUT2D eigenvalue weighted by atomic mass is 10.2. The van der Waals surface area contributed by atoms with Gasteiger partial charge in [0.15, 0.2) is 5.13 Å². The van der Waals surface area contributed by atoms with Crippen LogP contribution in [0.25, 0.3) is 5.57 Å². The highest BCUT2D eigenvalue weighted by molar-refractivity contribution is 8.26. The zero-order chi connectivity index (χ0) is 20.1. The Morgan fingerprint density at radius 3 is 2.70 bits per heavy atom. The fraction of sp³-hybridized carbons (Fsp3) is 0.286. The summed E-state index contributed by atoms with van der Waals surface area (Å²) < 4.78 is 5.02. The first-order valence-electron chi connectivity index (χ1n) is 7.40. The van der Waals surface area contributed by atoms with Crippen LogP contribution in [0.3, 0.4) is 0 Å². The molecule has 10 nitrogen and oxygen atoms in total. The van der Waals surface area contributed by atoms with E-state index in [1.165, 1.54) is 12.4 Å². The molecule has 144 valence electrons. The molecule has 1 aliphatic heterocycles. The maximum atomic E-state index is 12.6. The number of aromatic nitrogens is 1. The molecule has 3 amide bonds. The molecule has 1 aromatic rings. The van der Waals surface area contributed by atoms with E-state index in [4.69, 9.17) is 22.1 Å². The van der Waals surface area contributed by atoms with Crippen molar-refractivity contribution in [3.05, 3.63) is 16.0 Å². The summed E-state index contributed by atoms with van der Waals surface area (Å²) in [5.41, 5.74) is -0.0241. The van der Waals surface area contributed by atoms with Crippen LogP contribution in [0.2, 0.25) is 0 Å². The third-order valence-corrected chi connectivity index (χ3v) is 5.26. The van der Waals surface area contributed by atoms with E-state index in [2.05, 4.69) is 15.6 Å². The summed E-state index contributed by atoms with van der Waals surface area (Å²) in [5.74, 6) is -2.76. The highest BCUT2D eigenvalue weighted by atomic mass is 32.2. The van der Waals surface area contributed by atoms with E-state index < -0.39 is 30.4 Å². The van der Waals surface area contributed by atoms with Crippen LogP contribution in [-0.2, 0) is 19.1 Å². The topological polar surface area (TPSA) is 138 Å². The molecule has 27 heavy (non-hydrogen) atoms. The average molecular weight is 430 g/mol. The second-order valence-electron chi connectivity index (χ2n) is 4.82. The fourth-order valence-corrected chi connectivity index (χ4v) is 3.96. The number of hydrogen-bond acceptors (Lipinski definition) is 9. The Labute approximate surface area is 167 Å². The SMILES string of the molecule is CCOC(=O)C(=C1SC(=S)N(CC(=O)O)C1=O)c1csc(NC(=O)NC)n1. The summed E-state index contributed by atoms with van der Waals surface area (Å²) >= 11 is 6.89. The van der Waals surface area contributed by atoms with E-state index in [-0.39, 0.29) is 32.2 Å². The van der Waals surface area contributed by atoms with E-state index >= 15 is 0 Å². The molecule has 1 fully saturated rings. The Bertz CT molecular complexity index is 850. The molecule has 0 spiro atoms. The number of thioether (sulfide) groups is 1. The van der Waals surface area contributed by atoms with Gasteiger partial charge in [0.05, 0.1) is 17.2 Å². The van der Waals surface area contributed by atoms with E-state index in [0.29, 0.717) is 0 Å². The Morgan fingerprint density at radius 1 is 1.41 bits per heavy atom. The van der Waals surface area contributed by atoms with Gasteiger partial charge in [-0.3, -0.25) is 19.8 Å². The predicted octanol–water partition coefficient (Wildman–Crippen LogP) is 1.11. The number of carbonyl (C=O) groups excluding carboxylic acids is 3. The van der Waals surface area contributed by atoms with Gasteiger partial charge in [0.1, 0.15) is 16.4 Å². The molecule has 0 aliphatic carbocycles. The van der Waals surface area contributed by atoms with Crippen molar-refractivity contribution in [2.75, 3.05) is 25.5 Å². The van der Waals surface area contributed by atoms with Crippen LogP contribution in [0.15, 0.2) is 10.3 Å². The lowest BCUT2D eigenvalue weighted by molar-refractivity contribution is -0.140. The van der Waals surface area contributed by atoms with E-state index in [9.17, 15) is 19.2 Å². The molecule has 0 unspecified atom stereocenters. The summed E-state index contributed by atoms with van der Waals surface area (Å²) in [6.45, 7) is 1.04. The first kappa shape index (κ1) is 20.8. The molecule has 1 aromatic heterocycles. The van der Waals surface area contributed by atoms with Crippen molar-refractivity contribution in [3.63, 3.8) is 0 Å². The molecule has 1 aliphatic rings. The number of rotatable bonds is 6. The number of aliphatic carboxylic acids is 1. The number of thiazole rings is 1. The lowest BCUT2D eigenvalue weighted by Gasteiger charge is -2.11. The molecular formula is C14H14N4O6S3. The molecule has 0 aromatic carbocycles. The molecule has 0 radical (unpaired) electrons. The van der Waals surface area contributed by atoms with Crippen LogP contribution >= 0.6 is 35.3 Å². The molecule has 1 saturated heterocycles. The zero-order valence-corrected chi connectivity index (χ0v) is 16.5. The summed E-state index contributed by atoms with van der Waals surface area (Å²) in [7, 11) is 1.43. The van der Waals surface area contributed by atoms with E-state index in [1.807, 2.05) is 0 Å². The van der Waals surface area contributed by atoms with Crippen LogP contribution in [-0.4, -0.2) is 63.4 Å². The molecule has 2 rings (SSSR count). The maximum absolute atomic E-state index is 12.6. The quantitative estimate of drug-likeness (QED) is 0.344.